The summed E-state index contributed by atoms with van der Waals surface area (Å²) in [6, 6.07) is 18.8. The number of benzene rings is 2. The maximum absolute atomic E-state index is 12.9. The number of nitrogens with zero attached hydrogens (tertiary/aromatic N) is 2. The van der Waals surface area contributed by atoms with Gasteiger partial charge in [-0.25, -0.2) is 0 Å². The number of amides is 1. The van der Waals surface area contributed by atoms with E-state index in [0.29, 0.717) is 12.2 Å². The van der Waals surface area contributed by atoms with Gasteiger partial charge in [0.2, 0.25) is 5.76 Å². The van der Waals surface area contributed by atoms with Gasteiger partial charge in [0, 0.05) is 11.8 Å². The second-order valence-electron chi connectivity index (χ2n) is 5.41. The zero-order valence-electron chi connectivity index (χ0n) is 13.6. The van der Waals surface area contributed by atoms with E-state index >= 15 is 0 Å². The first-order valence-electron chi connectivity index (χ1n) is 7.60. The Bertz CT molecular complexity index is 810. The van der Waals surface area contributed by atoms with Gasteiger partial charge in [-0.2, -0.15) is 0 Å². The van der Waals surface area contributed by atoms with Crippen LogP contribution in [0.3, 0.4) is 0 Å². The largest absolute Gasteiger partial charge is 0.497 e. The molecule has 5 nitrogen and oxygen atoms in total. The van der Waals surface area contributed by atoms with Crippen LogP contribution in [0.25, 0.3) is 0 Å². The maximum atomic E-state index is 12.9. The average molecular weight is 322 g/mol. The minimum Gasteiger partial charge on any atom is -0.497 e. The number of carbonyl (C=O) groups is 1. The van der Waals surface area contributed by atoms with E-state index in [1.165, 1.54) is 0 Å². The normalized spacial score (nSPS) is 10.4. The molecule has 0 fully saturated rings. The molecule has 0 N–H and O–H groups in total. The van der Waals surface area contributed by atoms with Crippen LogP contribution in [-0.4, -0.2) is 18.2 Å². The van der Waals surface area contributed by atoms with Crippen LogP contribution in [0.5, 0.6) is 5.75 Å². The van der Waals surface area contributed by atoms with Gasteiger partial charge >= 0.3 is 0 Å². The van der Waals surface area contributed by atoms with Crippen molar-refractivity contribution >= 4 is 11.6 Å². The van der Waals surface area contributed by atoms with Crippen molar-refractivity contribution < 1.29 is 14.1 Å². The van der Waals surface area contributed by atoms with Crippen LogP contribution in [0.15, 0.2) is 65.2 Å². The summed E-state index contributed by atoms with van der Waals surface area (Å²) >= 11 is 0. The minimum atomic E-state index is -0.232. The Balaban J connectivity index is 1.94. The van der Waals surface area contributed by atoms with E-state index in [1.807, 2.05) is 54.6 Å². The van der Waals surface area contributed by atoms with Gasteiger partial charge < -0.3 is 14.2 Å². The van der Waals surface area contributed by atoms with Crippen LogP contribution >= 0.6 is 0 Å². The fourth-order valence-corrected chi connectivity index (χ4v) is 2.41. The molecule has 0 unspecified atom stereocenters. The lowest BCUT2D eigenvalue weighted by molar-refractivity contribution is 0.0949. The molecule has 2 aromatic carbocycles. The van der Waals surface area contributed by atoms with Crippen molar-refractivity contribution in [2.45, 2.75) is 13.5 Å². The smallest absolute Gasteiger partial charge is 0.297 e. The summed E-state index contributed by atoms with van der Waals surface area (Å²) in [7, 11) is 1.61. The topological polar surface area (TPSA) is 55.6 Å². The molecule has 3 rings (SSSR count). The Morgan fingerprint density at radius 1 is 1.12 bits per heavy atom. The first-order chi connectivity index (χ1) is 11.7. The highest BCUT2D eigenvalue weighted by atomic mass is 16.5. The third kappa shape index (κ3) is 3.46. The molecule has 5 heteroatoms. The summed E-state index contributed by atoms with van der Waals surface area (Å²) in [5.41, 5.74) is 2.46. The zero-order valence-corrected chi connectivity index (χ0v) is 13.6. The summed E-state index contributed by atoms with van der Waals surface area (Å²) in [6.45, 7) is 2.22. The second kappa shape index (κ2) is 7.00. The first kappa shape index (κ1) is 15.8. The number of carbonyl (C=O) groups excluding carboxylic acids is 1. The fourth-order valence-electron chi connectivity index (χ4n) is 2.41. The third-order valence-corrected chi connectivity index (χ3v) is 3.65. The fraction of sp³-hybridized carbons (Fsp3) is 0.158. The Morgan fingerprint density at radius 2 is 1.83 bits per heavy atom. The van der Waals surface area contributed by atoms with Gasteiger partial charge in [0.1, 0.15) is 5.75 Å². The number of methoxy groups -OCH3 is 1. The molecule has 122 valence electrons. The number of ether oxygens (including phenoxy) is 1. The molecule has 0 aliphatic carbocycles. The van der Waals surface area contributed by atoms with Gasteiger partial charge in [0.25, 0.3) is 5.91 Å². The lowest BCUT2D eigenvalue weighted by Gasteiger charge is -2.22. The summed E-state index contributed by atoms with van der Waals surface area (Å²) < 4.78 is 10.3. The summed E-state index contributed by atoms with van der Waals surface area (Å²) in [5, 5.41) is 3.81. The molecule has 24 heavy (non-hydrogen) atoms. The summed E-state index contributed by atoms with van der Waals surface area (Å²) in [5.74, 6) is 0.727. The number of aromatic nitrogens is 1. The van der Waals surface area contributed by atoms with Gasteiger partial charge in [0.15, 0.2) is 0 Å². The molecule has 1 aromatic heterocycles. The molecular formula is C19H18N2O3. The molecular weight excluding hydrogens is 304 g/mol. The average Bonchev–Trinajstić information content (AvgIpc) is 3.06. The summed E-state index contributed by atoms with van der Waals surface area (Å²) in [4.78, 5) is 14.5. The highest BCUT2D eigenvalue weighted by Crippen LogP contribution is 2.23. The van der Waals surface area contributed by atoms with Crippen molar-refractivity contribution in [2.75, 3.05) is 12.0 Å². The Hall–Kier alpha value is -3.08. The highest BCUT2D eigenvalue weighted by Gasteiger charge is 2.22. The maximum Gasteiger partial charge on any atom is 0.297 e. The van der Waals surface area contributed by atoms with Crippen LogP contribution in [0.2, 0.25) is 0 Å². The van der Waals surface area contributed by atoms with Crippen LogP contribution in [0.4, 0.5) is 5.69 Å². The lowest BCUT2D eigenvalue weighted by Crippen LogP contribution is -2.30. The molecule has 0 aliphatic heterocycles. The number of hydrogen-bond acceptors (Lipinski definition) is 4. The van der Waals surface area contributed by atoms with Crippen molar-refractivity contribution in [2.24, 2.45) is 0 Å². The van der Waals surface area contributed by atoms with E-state index in [0.717, 1.165) is 17.0 Å². The van der Waals surface area contributed by atoms with E-state index in [9.17, 15) is 4.79 Å². The van der Waals surface area contributed by atoms with Crippen molar-refractivity contribution in [3.8, 4) is 5.75 Å². The summed E-state index contributed by atoms with van der Waals surface area (Å²) in [6.07, 6.45) is 0. The van der Waals surface area contributed by atoms with Crippen molar-refractivity contribution in [1.29, 1.82) is 0 Å². The number of aryl methyl sites for hydroxylation is 1. The number of rotatable bonds is 5. The van der Waals surface area contributed by atoms with E-state index in [-0.39, 0.29) is 11.7 Å². The molecule has 0 aliphatic rings. The quantitative estimate of drug-likeness (QED) is 0.716. The zero-order chi connectivity index (χ0) is 16.9. The first-order valence-corrected chi connectivity index (χ1v) is 7.60. The predicted octanol–water partition coefficient (Wildman–Crippen LogP) is 3.84. The molecule has 0 saturated heterocycles. The second-order valence-corrected chi connectivity index (χ2v) is 5.41. The molecule has 3 aromatic rings. The van der Waals surface area contributed by atoms with Gasteiger partial charge in [0.05, 0.1) is 19.3 Å². The van der Waals surface area contributed by atoms with E-state index < -0.39 is 0 Å². The molecule has 0 radical (unpaired) electrons. The lowest BCUT2D eigenvalue weighted by atomic mass is 10.2. The van der Waals surface area contributed by atoms with Gasteiger partial charge in [-0.05, 0) is 36.8 Å². The van der Waals surface area contributed by atoms with Gasteiger partial charge in [-0.15, -0.1) is 0 Å². The molecule has 0 bridgehead atoms. The van der Waals surface area contributed by atoms with Crippen LogP contribution < -0.4 is 9.64 Å². The van der Waals surface area contributed by atoms with Crippen LogP contribution in [-0.2, 0) is 6.54 Å². The predicted molar refractivity (Wildman–Crippen MR) is 91.2 cm³/mol. The van der Waals surface area contributed by atoms with E-state index in [2.05, 4.69) is 5.16 Å². The Labute approximate surface area is 140 Å². The monoisotopic (exact) mass is 322 g/mol. The highest BCUT2D eigenvalue weighted by molar-refractivity contribution is 6.04. The SMILES string of the molecule is COc1ccc(N(Cc2ccccc2)C(=O)c2cc(C)no2)cc1. The van der Waals surface area contributed by atoms with Crippen molar-refractivity contribution in [1.82, 2.24) is 5.16 Å². The number of hydrogen-bond donors (Lipinski definition) is 0. The molecule has 0 spiro atoms. The van der Waals surface area contributed by atoms with Crippen molar-refractivity contribution in [3.63, 3.8) is 0 Å². The molecule has 0 atom stereocenters. The Kier molecular flexibility index (Phi) is 4.61. The molecule has 1 heterocycles. The van der Waals surface area contributed by atoms with Crippen LogP contribution in [0.1, 0.15) is 21.8 Å². The third-order valence-electron chi connectivity index (χ3n) is 3.65. The van der Waals surface area contributed by atoms with Crippen molar-refractivity contribution in [3.05, 3.63) is 77.7 Å². The van der Waals surface area contributed by atoms with Crippen LogP contribution in [0, 0.1) is 6.92 Å². The van der Waals surface area contributed by atoms with Gasteiger partial charge in [-0.3, -0.25) is 4.79 Å². The van der Waals surface area contributed by atoms with E-state index in [4.69, 9.17) is 9.26 Å². The number of anilines is 1. The standard InChI is InChI=1S/C19H18N2O3/c1-14-12-18(24-20-14)19(22)21(13-15-6-4-3-5-7-15)16-8-10-17(23-2)11-9-16/h3-12H,13H2,1-2H3. The molecule has 1 amide bonds. The Morgan fingerprint density at radius 3 is 2.42 bits per heavy atom. The molecule has 0 saturated carbocycles. The van der Waals surface area contributed by atoms with Gasteiger partial charge in [-0.1, -0.05) is 35.5 Å². The van der Waals surface area contributed by atoms with E-state index in [1.54, 1.807) is 25.0 Å². The minimum absolute atomic E-state index is 0.222.